The van der Waals surface area contributed by atoms with Gasteiger partial charge in [0.05, 0.1) is 10.6 Å². The normalized spacial score (nSPS) is 10.5. The van der Waals surface area contributed by atoms with Gasteiger partial charge in [0.15, 0.2) is 0 Å². The van der Waals surface area contributed by atoms with Crippen molar-refractivity contribution in [3.63, 3.8) is 0 Å². The van der Waals surface area contributed by atoms with Crippen molar-refractivity contribution in [3.8, 4) is 28.4 Å². The quantitative estimate of drug-likeness (QED) is 0.739. The molecule has 88 valence electrons. The molecule has 0 aromatic heterocycles. The van der Waals surface area contributed by atoms with Gasteiger partial charge in [-0.3, -0.25) is 0 Å². The number of phenolic OH excluding ortho intramolecular Hbond substituents is 3. The van der Waals surface area contributed by atoms with Crippen LogP contribution in [-0.4, -0.2) is 15.3 Å². The summed E-state index contributed by atoms with van der Waals surface area (Å²) in [6.07, 6.45) is 0. The van der Waals surface area contributed by atoms with E-state index in [0.717, 1.165) is 0 Å². The fourth-order valence-electron chi connectivity index (χ4n) is 1.54. The Balaban J connectivity index is 2.72. The first-order valence-electron chi connectivity index (χ1n) is 4.70. The molecule has 0 aliphatic heterocycles. The van der Waals surface area contributed by atoms with Crippen LogP contribution in [0.4, 0.5) is 0 Å². The summed E-state index contributed by atoms with van der Waals surface area (Å²) in [7, 11) is 0. The maximum absolute atomic E-state index is 9.79. The van der Waals surface area contributed by atoms with Crippen LogP contribution < -0.4 is 0 Å². The zero-order valence-electron chi connectivity index (χ0n) is 8.48. The number of hydrogen-bond donors (Lipinski definition) is 3. The van der Waals surface area contributed by atoms with Crippen molar-refractivity contribution in [2.45, 2.75) is 0 Å². The summed E-state index contributed by atoms with van der Waals surface area (Å²) < 4.78 is 0. The summed E-state index contributed by atoms with van der Waals surface area (Å²) in [6, 6.07) is 7.05. The second-order valence-corrected chi connectivity index (χ2v) is 4.30. The van der Waals surface area contributed by atoms with Crippen molar-refractivity contribution in [2.75, 3.05) is 0 Å². The molecule has 3 N–H and O–H groups in total. The van der Waals surface area contributed by atoms with Crippen molar-refractivity contribution in [1.82, 2.24) is 0 Å². The van der Waals surface area contributed by atoms with E-state index in [0.29, 0.717) is 5.02 Å². The van der Waals surface area contributed by atoms with Crippen molar-refractivity contribution >= 4 is 23.2 Å². The van der Waals surface area contributed by atoms with Gasteiger partial charge in [0.1, 0.15) is 17.2 Å². The number of aromatic hydroxyl groups is 3. The van der Waals surface area contributed by atoms with Crippen molar-refractivity contribution in [3.05, 3.63) is 40.4 Å². The van der Waals surface area contributed by atoms with Crippen LogP contribution in [0.15, 0.2) is 30.3 Å². The smallest absolute Gasteiger partial charge is 0.145 e. The first kappa shape index (κ1) is 11.9. The van der Waals surface area contributed by atoms with Crippen LogP contribution in [0.2, 0.25) is 10.0 Å². The van der Waals surface area contributed by atoms with Crippen LogP contribution in [0.1, 0.15) is 0 Å². The van der Waals surface area contributed by atoms with Crippen molar-refractivity contribution < 1.29 is 15.3 Å². The average Bonchev–Trinajstić information content (AvgIpc) is 2.27. The van der Waals surface area contributed by atoms with E-state index in [2.05, 4.69) is 0 Å². The minimum atomic E-state index is -0.288. The molecule has 0 spiro atoms. The molecule has 2 aromatic carbocycles. The van der Waals surface area contributed by atoms with Gasteiger partial charge in [-0.2, -0.15) is 0 Å². The molecule has 17 heavy (non-hydrogen) atoms. The maximum Gasteiger partial charge on any atom is 0.145 e. The Kier molecular flexibility index (Phi) is 3.05. The average molecular weight is 271 g/mol. The van der Waals surface area contributed by atoms with Crippen LogP contribution >= 0.6 is 23.2 Å². The van der Waals surface area contributed by atoms with Crippen molar-refractivity contribution in [2.24, 2.45) is 0 Å². The molecular weight excluding hydrogens is 263 g/mol. The first-order chi connectivity index (χ1) is 8.00. The summed E-state index contributed by atoms with van der Waals surface area (Å²) >= 11 is 11.5. The third kappa shape index (κ3) is 2.12. The van der Waals surface area contributed by atoms with Crippen LogP contribution in [0.25, 0.3) is 11.1 Å². The molecule has 0 aliphatic carbocycles. The number of benzene rings is 2. The van der Waals surface area contributed by atoms with Crippen LogP contribution in [-0.2, 0) is 0 Å². The Morgan fingerprint density at radius 1 is 0.824 bits per heavy atom. The molecule has 3 nitrogen and oxygen atoms in total. The number of hydrogen-bond acceptors (Lipinski definition) is 3. The molecule has 0 radical (unpaired) electrons. The largest absolute Gasteiger partial charge is 0.507 e. The topological polar surface area (TPSA) is 60.7 Å². The highest BCUT2D eigenvalue weighted by molar-refractivity contribution is 6.32. The second-order valence-electron chi connectivity index (χ2n) is 3.45. The molecule has 0 atom stereocenters. The summed E-state index contributed by atoms with van der Waals surface area (Å²) in [5.41, 5.74) is 0.332. The Morgan fingerprint density at radius 3 is 2.18 bits per heavy atom. The monoisotopic (exact) mass is 270 g/mol. The lowest BCUT2D eigenvalue weighted by molar-refractivity contribution is 0.450. The summed E-state index contributed by atoms with van der Waals surface area (Å²) in [4.78, 5) is 0. The van der Waals surface area contributed by atoms with Gasteiger partial charge >= 0.3 is 0 Å². The molecular formula is C12H8Cl2O3. The van der Waals surface area contributed by atoms with E-state index in [9.17, 15) is 15.3 Å². The van der Waals surface area contributed by atoms with E-state index < -0.39 is 0 Å². The van der Waals surface area contributed by atoms with E-state index in [1.54, 1.807) is 0 Å². The lowest BCUT2D eigenvalue weighted by Gasteiger charge is -2.10. The van der Waals surface area contributed by atoms with E-state index in [1.165, 1.54) is 30.3 Å². The lowest BCUT2D eigenvalue weighted by atomic mass is 10.0. The van der Waals surface area contributed by atoms with E-state index in [-0.39, 0.29) is 33.4 Å². The molecule has 0 unspecified atom stereocenters. The van der Waals surface area contributed by atoms with Gasteiger partial charge in [-0.15, -0.1) is 0 Å². The SMILES string of the molecule is Oc1cc(Cl)ccc1-c1c(O)ccc(Cl)c1O. The predicted octanol–water partition coefficient (Wildman–Crippen LogP) is 3.78. The van der Waals surface area contributed by atoms with Gasteiger partial charge < -0.3 is 15.3 Å². The van der Waals surface area contributed by atoms with Crippen LogP contribution in [0.3, 0.4) is 0 Å². The van der Waals surface area contributed by atoms with Crippen LogP contribution in [0.5, 0.6) is 17.2 Å². The third-order valence-electron chi connectivity index (χ3n) is 2.34. The Hall–Kier alpha value is -1.58. The van der Waals surface area contributed by atoms with Crippen molar-refractivity contribution in [1.29, 1.82) is 0 Å². The number of rotatable bonds is 1. The molecule has 0 fully saturated rings. The lowest BCUT2D eigenvalue weighted by Crippen LogP contribution is -1.83. The van der Waals surface area contributed by atoms with E-state index >= 15 is 0 Å². The number of halogens is 2. The molecule has 0 heterocycles. The minimum absolute atomic E-state index is 0.0756. The summed E-state index contributed by atoms with van der Waals surface area (Å²) in [6.45, 7) is 0. The fraction of sp³-hybridized carbons (Fsp3) is 0. The maximum atomic E-state index is 9.79. The fourth-order valence-corrected chi connectivity index (χ4v) is 1.86. The number of phenols is 3. The van der Waals surface area contributed by atoms with Gasteiger partial charge in [0, 0.05) is 10.6 Å². The molecule has 5 heteroatoms. The molecule has 0 amide bonds. The Labute approximate surface area is 107 Å². The summed E-state index contributed by atoms with van der Waals surface area (Å²) in [5, 5.41) is 29.7. The highest BCUT2D eigenvalue weighted by Crippen LogP contribution is 2.45. The van der Waals surface area contributed by atoms with E-state index in [4.69, 9.17) is 23.2 Å². The minimum Gasteiger partial charge on any atom is -0.507 e. The first-order valence-corrected chi connectivity index (χ1v) is 5.45. The summed E-state index contributed by atoms with van der Waals surface area (Å²) in [5.74, 6) is -0.612. The van der Waals surface area contributed by atoms with Gasteiger partial charge in [-0.25, -0.2) is 0 Å². The van der Waals surface area contributed by atoms with Gasteiger partial charge in [-0.1, -0.05) is 23.2 Å². The van der Waals surface area contributed by atoms with Gasteiger partial charge in [0.25, 0.3) is 0 Å². The zero-order valence-corrected chi connectivity index (χ0v) is 10.00. The molecule has 0 saturated carbocycles. The van der Waals surface area contributed by atoms with E-state index in [1.807, 2.05) is 0 Å². The second kappa shape index (κ2) is 4.35. The third-order valence-corrected chi connectivity index (χ3v) is 2.88. The molecule has 0 bridgehead atoms. The van der Waals surface area contributed by atoms with Gasteiger partial charge in [-0.05, 0) is 30.3 Å². The molecule has 2 aromatic rings. The van der Waals surface area contributed by atoms with Gasteiger partial charge in [0.2, 0.25) is 0 Å². The molecule has 0 aliphatic rings. The molecule has 2 rings (SSSR count). The predicted molar refractivity (Wildman–Crippen MR) is 66.9 cm³/mol. The van der Waals surface area contributed by atoms with Crippen LogP contribution in [0, 0.1) is 0 Å². The standard InChI is InChI=1S/C12H8Cl2O3/c13-6-1-2-7(10(16)5-6)11-9(15)4-3-8(14)12(11)17/h1-5,15-17H. The molecule has 0 saturated heterocycles. The Bertz CT molecular complexity index is 582. The zero-order chi connectivity index (χ0) is 12.6. The highest BCUT2D eigenvalue weighted by Gasteiger charge is 2.16. The Morgan fingerprint density at radius 2 is 1.53 bits per heavy atom. The highest BCUT2D eigenvalue weighted by atomic mass is 35.5.